The topological polar surface area (TPSA) is 71.3 Å². The molecule has 0 aliphatic rings. The number of sulfonamides is 1. The molecule has 0 aromatic carbocycles. The van der Waals surface area contributed by atoms with E-state index in [0.29, 0.717) is 13.0 Å². The summed E-state index contributed by atoms with van der Waals surface area (Å²) in [7, 11) is -1.66. The van der Waals surface area contributed by atoms with Crippen molar-refractivity contribution in [2.75, 3.05) is 19.3 Å². The van der Waals surface area contributed by atoms with E-state index in [4.69, 9.17) is 4.42 Å². The highest BCUT2D eigenvalue weighted by Crippen LogP contribution is 2.15. The molecule has 1 aromatic rings. The van der Waals surface area contributed by atoms with Gasteiger partial charge in [-0.15, -0.1) is 0 Å². The summed E-state index contributed by atoms with van der Waals surface area (Å²) in [4.78, 5) is 0. The van der Waals surface area contributed by atoms with E-state index in [1.165, 1.54) is 7.05 Å². The van der Waals surface area contributed by atoms with Gasteiger partial charge in [-0.25, -0.2) is 13.1 Å². The van der Waals surface area contributed by atoms with Crippen molar-refractivity contribution in [2.24, 2.45) is 0 Å². The second kappa shape index (κ2) is 6.18. The molecule has 1 heterocycles. The van der Waals surface area contributed by atoms with Gasteiger partial charge in [0.2, 0.25) is 10.0 Å². The van der Waals surface area contributed by atoms with Gasteiger partial charge in [-0.05, 0) is 46.0 Å². The molecule has 1 atom stereocenters. The third-order valence-electron chi connectivity index (χ3n) is 2.54. The Kier molecular flexibility index (Phi) is 5.17. The van der Waals surface area contributed by atoms with Crippen LogP contribution in [0.2, 0.25) is 0 Å². The van der Waals surface area contributed by atoms with E-state index in [1.54, 1.807) is 0 Å². The first kappa shape index (κ1) is 14.2. The first-order valence-electron chi connectivity index (χ1n) is 5.65. The van der Waals surface area contributed by atoms with Crippen LogP contribution in [-0.2, 0) is 10.0 Å². The number of hydrogen-bond donors (Lipinski definition) is 2. The summed E-state index contributed by atoms with van der Waals surface area (Å²) in [5.74, 6) is 1.89. The zero-order valence-corrected chi connectivity index (χ0v) is 11.3. The van der Waals surface area contributed by atoms with Gasteiger partial charge in [-0.2, -0.15) is 0 Å². The predicted molar refractivity (Wildman–Crippen MR) is 67.3 cm³/mol. The van der Waals surface area contributed by atoms with Crippen LogP contribution in [0.25, 0.3) is 0 Å². The first-order valence-corrected chi connectivity index (χ1v) is 7.31. The number of hydrogen-bond acceptors (Lipinski definition) is 4. The molecule has 6 heteroatoms. The quantitative estimate of drug-likeness (QED) is 0.722. The lowest BCUT2D eigenvalue weighted by atomic mass is 10.2. The van der Waals surface area contributed by atoms with Crippen molar-refractivity contribution in [1.82, 2.24) is 10.0 Å². The van der Waals surface area contributed by atoms with E-state index < -0.39 is 10.0 Å². The normalized spacial score (nSPS) is 13.8. The molecule has 0 aliphatic carbocycles. The summed E-state index contributed by atoms with van der Waals surface area (Å²) < 4.78 is 30.1. The maximum atomic E-state index is 11.2. The smallest absolute Gasteiger partial charge is 0.211 e. The van der Waals surface area contributed by atoms with E-state index in [9.17, 15) is 8.42 Å². The predicted octanol–water partition coefficient (Wildman–Crippen LogP) is 1.18. The highest BCUT2D eigenvalue weighted by molar-refractivity contribution is 7.89. The fourth-order valence-electron chi connectivity index (χ4n) is 1.47. The summed E-state index contributed by atoms with van der Waals surface area (Å²) in [6.45, 7) is 4.53. The zero-order chi connectivity index (χ0) is 12.9. The molecule has 2 N–H and O–H groups in total. The SMILES string of the molecule is CNS(=O)(=O)CCCNC(C)c1ccc(C)o1. The van der Waals surface area contributed by atoms with Crippen LogP contribution in [0.1, 0.15) is 30.9 Å². The van der Waals surface area contributed by atoms with E-state index in [0.717, 1.165) is 11.5 Å². The van der Waals surface area contributed by atoms with Gasteiger partial charge in [0.05, 0.1) is 11.8 Å². The average Bonchev–Trinajstić information content (AvgIpc) is 2.71. The van der Waals surface area contributed by atoms with Gasteiger partial charge in [-0.1, -0.05) is 0 Å². The maximum absolute atomic E-state index is 11.2. The molecular weight excluding hydrogens is 240 g/mol. The van der Waals surface area contributed by atoms with Crippen molar-refractivity contribution in [3.05, 3.63) is 23.7 Å². The van der Waals surface area contributed by atoms with E-state index >= 15 is 0 Å². The van der Waals surface area contributed by atoms with E-state index in [2.05, 4.69) is 10.0 Å². The Bertz CT molecular complexity index is 439. The number of nitrogens with one attached hydrogen (secondary N) is 2. The van der Waals surface area contributed by atoms with Crippen molar-refractivity contribution in [3.8, 4) is 0 Å². The first-order chi connectivity index (χ1) is 7.94. The molecule has 0 radical (unpaired) electrons. The van der Waals surface area contributed by atoms with Gasteiger partial charge in [0.25, 0.3) is 0 Å². The lowest BCUT2D eigenvalue weighted by Gasteiger charge is -2.11. The number of furan rings is 1. The Morgan fingerprint density at radius 3 is 2.65 bits per heavy atom. The van der Waals surface area contributed by atoms with Crippen molar-refractivity contribution >= 4 is 10.0 Å². The van der Waals surface area contributed by atoms with E-state index in [1.807, 2.05) is 26.0 Å². The van der Waals surface area contributed by atoms with Crippen LogP contribution in [0.15, 0.2) is 16.5 Å². The molecule has 1 aromatic heterocycles. The summed E-state index contributed by atoms with van der Waals surface area (Å²) in [6, 6.07) is 3.94. The zero-order valence-electron chi connectivity index (χ0n) is 10.5. The highest BCUT2D eigenvalue weighted by atomic mass is 32.2. The molecule has 0 spiro atoms. The molecule has 1 unspecified atom stereocenters. The Balaban J connectivity index is 2.28. The second-order valence-electron chi connectivity index (χ2n) is 4.00. The molecule has 1 rings (SSSR count). The van der Waals surface area contributed by atoms with E-state index in [-0.39, 0.29) is 11.8 Å². The Morgan fingerprint density at radius 1 is 1.41 bits per heavy atom. The minimum absolute atomic E-state index is 0.0981. The van der Waals surface area contributed by atoms with Crippen LogP contribution in [-0.4, -0.2) is 27.8 Å². The van der Waals surface area contributed by atoms with Gasteiger partial charge in [0.1, 0.15) is 11.5 Å². The third-order valence-corrected chi connectivity index (χ3v) is 3.99. The molecular formula is C11H20N2O3S. The van der Waals surface area contributed by atoms with Crippen molar-refractivity contribution in [3.63, 3.8) is 0 Å². The molecule has 0 aliphatic heterocycles. The molecule has 0 saturated carbocycles. The molecule has 5 nitrogen and oxygen atoms in total. The summed E-state index contributed by atoms with van der Waals surface area (Å²) >= 11 is 0. The lowest BCUT2D eigenvalue weighted by Crippen LogP contribution is -2.26. The Labute approximate surface area is 103 Å². The van der Waals surface area contributed by atoms with Crippen LogP contribution < -0.4 is 10.0 Å². The molecule has 0 saturated heterocycles. The van der Waals surface area contributed by atoms with Crippen LogP contribution in [0.5, 0.6) is 0 Å². The average molecular weight is 260 g/mol. The Morgan fingerprint density at radius 2 is 2.12 bits per heavy atom. The maximum Gasteiger partial charge on any atom is 0.211 e. The number of rotatable bonds is 7. The van der Waals surface area contributed by atoms with Crippen LogP contribution in [0.4, 0.5) is 0 Å². The molecule has 0 bridgehead atoms. The van der Waals surface area contributed by atoms with Gasteiger partial charge in [0, 0.05) is 0 Å². The monoisotopic (exact) mass is 260 g/mol. The molecule has 17 heavy (non-hydrogen) atoms. The van der Waals surface area contributed by atoms with Crippen LogP contribution in [0.3, 0.4) is 0 Å². The summed E-state index contributed by atoms with van der Waals surface area (Å²) in [5, 5.41) is 3.22. The highest BCUT2D eigenvalue weighted by Gasteiger charge is 2.10. The minimum Gasteiger partial charge on any atom is -0.465 e. The van der Waals surface area contributed by atoms with Crippen LogP contribution >= 0.6 is 0 Å². The number of aryl methyl sites for hydroxylation is 1. The molecule has 0 amide bonds. The van der Waals surface area contributed by atoms with Gasteiger partial charge in [-0.3, -0.25) is 0 Å². The van der Waals surface area contributed by atoms with Gasteiger partial charge in [0.15, 0.2) is 0 Å². The van der Waals surface area contributed by atoms with Crippen molar-refractivity contribution < 1.29 is 12.8 Å². The van der Waals surface area contributed by atoms with Crippen molar-refractivity contribution in [1.29, 1.82) is 0 Å². The second-order valence-corrected chi connectivity index (χ2v) is 6.05. The third kappa shape index (κ3) is 4.89. The standard InChI is InChI=1S/C11H20N2O3S/c1-9-5-6-11(16-9)10(2)13-7-4-8-17(14,15)12-3/h5-6,10,12-13H,4,7-8H2,1-3H3. The fraction of sp³-hybridized carbons (Fsp3) is 0.636. The minimum atomic E-state index is -3.09. The lowest BCUT2D eigenvalue weighted by molar-refractivity contribution is 0.417. The Hall–Kier alpha value is -0.850. The fourth-order valence-corrected chi connectivity index (χ4v) is 2.20. The summed E-state index contributed by atoms with van der Waals surface area (Å²) in [6.07, 6.45) is 0.577. The summed E-state index contributed by atoms with van der Waals surface area (Å²) in [5.41, 5.74) is 0. The van der Waals surface area contributed by atoms with Gasteiger partial charge >= 0.3 is 0 Å². The van der Waals surface area contributed by atoms with Crippen LogP contribution in [0, 0.1) is 6.92 Å². The molecule has 98 valence electrons. The van der Waals surface area contributed by atoms with Gasteiger partial charge < -0.3 is 9.73 Å². The molecule has 0 fully saturated rings. The van der Waals surface area contributed by atoms with Crippen molar-refractivity contribution in [2.45, 2.75) is 26.3 Å². The largest absolute Gasteiger partial charge is 0.465 e.